The molecule has 0 aliphatic heterocycles. The minimum absolute atomic E-state index is 0.0323. The lowest BCUT2D eigenvalue weighted by Gasteiger charge is -2.08. The first-order chi connectivity index (χ1) is 10.9. The van der Waals surface area contributed by atoms with E-state index >= 15 is 0 Å². The Morgan fingerprint density at radius 3 is 2.57 bits per heavy atom. The highest BCUT2D eigenvalue weighted by atomic mass is 35.5. The summed E-state index contributed by atoms with van der Waals surface area (Å²) in [6, 6.07) is 6.73. The molecular formula is C13H15ClN4O4S. The third kappa shape index (κ3) is 4.86. The second-order valence-corrected chi connectivity index (χ2v) is 6.58. The van der Waals surface area contributed by atoms with Crippen molar-refractivity contribution in [2.75, 3.05) is 22.5 Å². The van der Waals surface area contributed by atoms with Crippen LogP contribution in [-0.4, -0.2) is 32.0 Å². The van der Waals surface area contributed by atoms with Gasteiger partial charge in [0, 0.05) is 24.2 Å². The van der Waals surface area contributed by atoms with E-state index < -0.39 is 16.1 Å². The smallest absolute Gasteiger partial charge is 0.319 e. The highest BCUT2D eigenvalue weighted by molar-refractivity contribution is 7.92. The van der Waals surface area contributed by atoms with Crippen LogP contribution >= 0.6 is 11.6 Å². The molecule has 0 bridgehead atoms. The number of aromatic nitrogens is 1. The van der Waals surface area contributed by atoms with Gasteiger partial charge in [0.15, 0.2) is 5.82 Å². The molecule has 124 valence electrons. The largest absolute Gasteiger partial charge is 0.360 e. The van der Waals surface area contributed by atoms with Crippen molar-refractivity contribution in [1.29, 1.82) is 0 Å². The maximum absolute atomic E-state index is 12.2. The van der Waals surface area contributed by atoms with Crippen molar-refractivity contribution in [1.82, 2.24) is 10.5 Å². The number of aryl methyl sites for hydroxylation is 1. The summed E-state index contributed by atoms with van der Waals surface area (Å²) in [6.45, 7) is 1.99. The highest BCUT2D eigenvalue weighted by Gasteiger charge is 2.16. The van der Waals surface area contributed by atoms with E-state index in [0.29, 0.717) is 23.9 Å². The van der Waals surface area contributed by atoms with Crippen molar-refractivity contribution in [3.63, 3.8) is 0 Å². The summed E-state index contributed by atoms with van der Waals surface area (Å²) in [5.41, 5.74) is 0.452. The first kappa shape index (κ1) is 17.1. The van der Waals surface area contributed by atoms with E-state index in [9.17, 15) is 13.2 Å². The van der Waals surface area contributed by atoms with Crippen LogP contribution in [0.3, 0.4) is 0 Å². The number of anilines is 2. The number of carbonyl (C=O) groups excluding carboxylic acids is 1. The Labute approximate surface area is 138 Å². The van der Waals surface area contributed by atoms with Gasteiger partial charge in [-0.1, -0.05) is 5.16 Å². The van der Waals surface area contributed by atoms with Crippen LogP contribution in [-0.2, 0) is 10.0 Å². The van der Waals surface area contributed by atoms with Gasteiger partial charge in [-0.05, 0) is 31.2 Å². The van der Waals surface area contributed by atoms with Crippen LogP contribution < -0.4 is 15.4 Å². The van der Waals surface area contributed by atoms with E-state index in [1.54, 1.807) is 6.92 Å². The van der Waals surface area contributed by atoms with Crippen LogP contribution in [0, 0.1) is 6.92 Å². The molecule has 8 nitrogen and oxygen atoms in total. The Kier molecular flexibility index (Phi) is 5.45. The number of alkyl halides is 1. The van der Waals surface area contributed by atoms with Crippen LogP contribution in [0.25, 0.3) is 0 Å². The van der Waals surface area contributed by atoms with Gasteiger partial charge >= 0.3 is 6.03 Å². The highest BCUT2D eigenvalue weighted by Crippen LogP contribution is 2.18. The summed E-state index contributed by atoms with van der Waals surface area (Å²) < 4.78 is 31.5. The molecule has 2 rings (SSSR count). The molecule has 1 aromatic heterocycles. The number of halogens is 1. The van der Waals surface area contributed by atoms with E-state index in [4.69, 9.17) is 16.1 Å². The third-order valence-corrected chi connectivity index (χ3v) is 4.23. The number of nitrogens with zero attached hydrogens (tertiary/aromatic N) is 1. The van der Waals surface area contributed by atoms with E-state index in [1.165, 1.54) is 30.3 Å². The average Bonchev–Trinajstić information content (AvgIpc) is 2.90. The second-order valence-electron chi connectivity index (χ2n) is 4.52. The number of urea groups is 1. The van der Waals surface area contributed by atoms with Crippen LogP contribution in [0.15, 0.2) is 39.8 Å². The zero-order valence-electron chi connectivity index (χ0n) is 12.2. The monoisotopic (exact) mass is 358 g/mol. The Morgan fingerprint density at radius 2 is 2.00 bits per heavy atom. The number of rotatable bonds is 6. The van der Waals surface area contributed by atoms with E-state index in [2.05, 4.69) is 20.5 Å². The van der Waals surface area contributed by atoms with Gasteiger partial charge in [0.2, 0.25) is 0 Å². The quantitative estimate of drug-likeness (QED) is 0.684. The number of hydrogen-bond acceptors (Lipinski definition) is 5. The molecule has 1 aromatic carbocycles. The molecule has 0 aliphatic carbocycles. The normalized spacial score (nSPS) is 11.0. The van der Waals surface area contributed by atoms with Gasteiger partial charge < -0.3 is 15.2 Å². The van der Waals surface area contributed by atoms with Crippen molar-refractivity contribution in [2.45, 2.75) is 11.8 Å². The van der Waals surface area contributed by atoms with E-state index in [-0.39, 0.29) is 10.7 Å². The Morgan fingerprint density at radius 1 is 1.30 bits per heavy atom. The molecule has 10 heteroatoms. The van der Waals surface area contributed by atoms with Crippen LogP contribution in [0.4, 0.5) is 16.3 Å². The molecule has 3 N–H and O–H groups in total. The summed E-state index contributed by atoms with van der Waals surface area (Å²) in [5, 5.41) is 8.66. The topological polar surface area (TPSA) is 113 Å². The molecule has 0 saturated heterocycles. The number of benzene rings is 1. The Balaban J connectivity index is 2.04. The van der Waals surface area contributed by atoms with E-state index in [0.717, 1.165) is 0 Å². The number of hydrogen-bond donors (Lipinski definition) is 3. The molecule has 0 fully saturated rings. The van der Waals surface area contributed by atoms with Gasteiger partial charge in [0.1, 0.15) is 5.76 Å². The van der Waals surface area contributed by atoms with Gasteiger partial charge in [0.25, 0.3) is 10.0 Å². The first-order valence-electron chi connectivity index (χ1n) is 6.58. The van der Waals surface area contributed by atoms with Crippen molar-refractivity contribution < 1.29 is 17.7 Å². The molecule has 2 amide bonds. The van der Waals surface area contributed by atoms with Crippen LogP contribution in [0.1, 0.15) is 5.76 Å². The Hall–Kier alpha value is -2.26. The number of amides is 2. The number of sulfonamides is 1. The van der Waals surface area contributed by atoms with Crippen molar-refractivity contribution in [2.24, 2.45) is 0 Å². The lowest BCUT2D eigenvalue weighted by atomic mass is 10.3. The molecule has 0 radical (unpaired) electrons. The number of nitrogens with one attached hydrogen (secondary N) is 3. The standard InChI is InChI=1S/C13H15ClN4O4S/c1-9-8-12(17-22-9)18-23(20,21)11-4-2-10(3-5-11)16-13(19)15-7-6-14/h2-5,8H,6-7H2,1H3,(H,17,18)(H2,15,16,19). The summed E-state index contributed by atoms with van der Waals surface area (Å²) in [6.07, 6.45) is 0. The maximum atomic E-state index is 12.2. The zero-order valence-corrected chi connectivity index (χ0v) is 13.7. The molecule has 0 spiro atoms. The van der Waals surface area contributed by atoms with Gasteiger partial charge in [-0.15, -0.1) is 11.6 Å². The third-order valence-electron chi connectivity index (χ3n) is 2.67. The zero-order chi connectivity index (χ0) is 16.9. The van der Waals surface area contributed by atoms with Crippen LogP contribution in [0.2, 0.25) is 0 Å². The molecule has 0 aliphatic rings. The average molecular weight is 359 g/mol. The van der Waals surface area contributed by atoms with Gasteiger partial charge in [-0.3, -0.25) is 4.72 Å². The maximum Gasteiger partial charge on any atom is 0.319 e. The summed E-state index contributed by atoms with van der Waals surface area (Å²) in [4.78, 5) is 11.5. The fourth-order valence-corrected chi connectivity index (χ4v) is 2.74. The molecule has 23 heavy (non-hydrogen) atoms. The SMILES string of the molecule is Cc1cc(NS(=O)(=O)c2ccc(NC(=O)NCCCl)cc2)no1. The minimum atomic E-state index is -3.78. The minimum Gasteiger partial charge on any atom is -0.360 e. The fourth-order valence-electron chi connectivity index (χ4n) is 1.66. The second kappa shape index (κ2) is 7.34. The van der Waals surface area contributed by atoms with E-state index in [1.807, 2.05) is 0 Å². The van der Waals surface area contributed by atoms with Gasteiger partial charge in [0.05, 0.1) is 4.90 Å². The van der Waals surface area contributed by atoms with Crippen molar-refractivity contribution in [3.05, 3.63) is 36.1 Å². The molecule has 1 heterocycles. The van der Waals surface area contributed by atoms with Crippen molar-refractivity contribution >= 4 is 39.2 Å². The lowest BCUT2D eigenvalue weighted by molar-refractivity contribution is 0.252. The lowest BCUT2D eigenvalue weighted by Crippen LogP contribution is -2.30. The molecule has 0 saturated carbocycles. The summed E-state index contributed by atoms with van der Waals surface area (Å²) in [5.74, 6) is 0.896. The summed E-state index contributed by atoms with van der Waals surface area (Å²) in [7, 11) is -3.78. The molecular weight excluding hydrogens is 344 g/mol. The summed E-state index contributed by atoms with van der Waals surface area (Å²) >= 11 is 5.46. The Bertz CT molecular complexity index is 774. The van der Waals surface area contributed by atoms with Gasteiger partial charge in [-0.2, -0.15) is 0 Å². The van der Waals surface area contributed by atoms with Gasteiger partial charge in [-0.25, -0.2) is 13.2 Å². The van der Waals surface area contributed by atoms with Crippen LogP contribution in [0.5, 0.6) is 0 Å². The molecule has 2 aromatic rings. The number of carbonyl (C=O) groups is 1. The fraction of sp³-hybridized carbons (Fsp3) is 0.231. The molecule has 0 atom stereocenters. The van der Waals surface area contributed by atoms with Crippen molar-refractivity contribution in [3.8, 4) is 0 Å². The predicted molar refractivity (Wildman–Crippen MR) is 86.2 cm³/mol. The molecule has 0 unspecified atom stereocenters. The first-order valence-corrected chi connectivity index (χ1v) is 8.59. The predicted octanol–water partition coefficient (Wildman–Crippen LogP) is 2.14.